The Kier molecular flexibility index (Phi) is 4.53. The molecule has 0 radical (unpaired) electrons. The maximum atomic E-state index is 14.5. The maximum Gasteiger partial charge on any atom is 0.416 e. The van der Waals surface area contributed by atoms with E-state index in [1.54, 1.807) is 0 Å². The van der Waals surface area contributed by atoms with Crippen LogP contribution in [0.2, 0.25) is 0 Å². The molecule has 0 saturated carbocycles. The molecular formula is C20H19F4N3O. The highest BCUT2D eigenvalue weighted by Gasteiger charge is 2.53. The standard InChI is InChI=1S/C20H19F4N3O/c21-16-7-6-14(20(22,23)24)12-17(16)26-13-27(15-4-2-1-3-5-15)19(18(26)28)8-10-25-11-9-19/h1-7,12,25H,8-11,13H2. The lowest BCUT2D eigenvalue weighted by molar-refractivity contribution is -0.137. The van der Waals surface area contributed by atoms with E-state index in [1.807, 2.05) is 35.2 Å². The lowest BCUT2D eigenvalue weighted by Gasteiger charge is -2.39. The average molecular weight is 393 g/mol. The molecule has 2 aromatic rings. The van der Waals surface area contributed by atoms with E-state index >= 15 is 0 Å². The highest BCUT2D eigenvalue weighted by atomic mass is 19.4. The molecule has 0 aliphatic carbocycles. The van der Waals surface area contributed by atoms with Gasteiger partial charge in [0.15, 0.2) is 0 Å². The van der Waals surface area contributed by atoms with Crippen molar-refractivity contribution in [3.8, 4) is 0 Å². The van der Waals surface area contributed by atoms with Crippen LogP contribution in [0.5, 0.6) is 0 Å². The molecule has 2 heterocycles. The predicted molar refractivity (Wildman–Crippen MR) is 97.5 cm³/mol. The van der Waals surface area contributed by atoms with E-state index in [-0.39, 0.29) is 18.3 Å². The predicted octanol–water partition coefficient (Wildman–Crippen LogP) is 3.78. The SMILES string of the molecule is O=C1N(c2cc(C(F)(F)F)ccc2F)CN(c2ccccc2)C12CCNCC2. The monoisotopic (exact) mass is 393 g/mol. The van der Waals surface area contributed by atoms with E-state index in [2.05, 4.69) is 5.32 Å². The quantitative estimate of drug-likeness (QED) is 0.789. The molecule has 2 saturated heterocycles. The lowest BCUT2D eigenvalue weighted by Crippen LogP contribution is -2.55. The molecule has 0 aromatic heterocycles. The van der Waals surface area contributed by atoms with Crippen molar-refractivity contribution in [1.29, 1.82) is 0 Å². The second kappa shape index (κ2) is 6.77. The van der Waals surface area contributed by atoms with E-state index in [9.17, 15) is 22.4 Å². The number of rotatable bonds is 2. The summed E-state index contributed by atoms with van der Waals surface area (Å²) in [6, 6.07) is 11.4. The van der Waals surface area contributed by atoms with Crippen molar-refractivity contribution in [2.75, 3.05) is 29.6 Å². The molecule has 8 heteroatoms. The third kappa shape index (κ3) is 3.01. The zero-order valence-corrected chi connectivity index (χ0v) is 15.0. The van der Waals surface area contributed by atoms with Crippen molar-refractivity contribution >= 4 is 17.3 Å². The minimum atomic E-state index is -4.61. The van der Waals surface area contributed by atoms with Gasteiger partial charge in [0.05, 0.1) is 17.9 Å². The number of benzene rings is 2. The van der Waals surface area contributed by atoms with Gasteiger partial charge in [-0.3, -0.25) is 9.69 Å². The summed E-state index contributed by atoms with van der Waals surface area (Å²) in [4.78, 5) is 16.4. The van der Waals surface area contributed by atoms with Crippen LogP contribution >= 0.6 is 0 Å². The molecule has 1 spiro atoms. The number of carbonyl (C=O) groups is 1. The van der Waals surface area contributed by atoms with Crippen molar-refractivity contribution in [2.24, 2.45) is 0 Å². The fourth-order valence-corrected chi connectivity index (χ4v) is 4.05. The number of alkyl halides is 3. The maximum absolute atomic E-state index is 14.5. The van der Waals surface area contributed by atoms with Gasteiger partial charge in [0.2, 0.25) is 0 Å². The largest absolute Gasteiger partial charge is 0.416 e. The molecular weight excluding hydrogens is 374 g/mol. The van der Waals surface area contributed by atoms with Gasteiger partial charge in [-0.25, -0.2) is 4.39 Å². The van der Waals surface area contributed by atoms with E-state index in [1.165, 1.54) is 0 Å². The molecule has 2 aliphatic rings. The van der Waals surface area contributed by atoms with Gasteiger partial charge in [-0.1, -0.05) is 18.2 Å². The van der Waals surface area contributed by atoms with Crippen molar-refractivity contribution < 1.29 is 22.4 Å². The Morgan fingerprint density at radius 3 is 2.32 bits per heavy atom. The molecule has 0 bridgehead atoms. The normalized spacial score (nSPS) is 19.5. The first-order chi connectivity index (χ1) is 13.3. The molecule has 2 fully saturated rings. The minimum Gasteiger partial charge on any atom is -0.338 e. The summed E-state index contributed by atoms with van der Waals surface area (Å²) >= 11 is 0. The zero-order chi connectivity index (χ0) is 19.9. The Bertz CT molecular complexity index is 879. The number of nitrogens with zero attached hydrogens (tertiary/aromatic N) is 2. The Hall–Kier alpha value is -2.61. The number of anilines is 2. The van der Waals surface area contributed by atoms with Crippen molar-refractivity contribution in [1.82, 2.24) is 5.32 Å². The summed E-state index contributed by atoms with van der Waals surface area (Å²) in [6.45, 7) is 1.21. The van der Waals surface area contributed by atoms with Crippen LogP contribution in [0.3, 0.4) is 0 Å². The summed E-state index contributed by atoms with van der Waals surface area (Å²) in [7, 11) is 0. The lowest BCUT2D eigenvalue weighted by atomic mass is 9.86. The first-order valence-corrected chi connectivity index (χ1v) is 9.05. The second-order valence-corrected chi connectivity index (χ2v) is 7.08. The van der Waals surface area contributed by atoms with Crippen molar-refractivity contribution in [3.63, 3.8) is 0 Å². The first kappa shape index (κ1) is 18.7. The van der Waals surface area contributed by atoms with E-state index in [4.69, 9.17) is 0 Å². The molecule has 148 valence electrons. The van der Waals surface area contributed by atoms with Gasteiger partial charge in [0.25, 0.3) is 5.91 Å². The van der Waals surface area contributed by atoms with Gasteiger partial charge >= 0.3 is 6.18 Å². The van der Waals surface area contributed by atoms with Crippen LogP contribution in [0.1, 0.15) is 18.4 Å². The molecule has 2 aromatic carbocycles. The zero-order valence-electron chi connectivity index (χ0n) is 15.0. The Morgan fingerprint density at radius 2 is 1.68 bits per heavy atom. The number of carbonyl (C=O) groups excluding carboxylic acids is 1. The second-order valence-electron chi connectivity index (χ2n) is 7.08. The summed E-state index contributed by atoms with van der Waals surface area (Å²) < 4.78 is 53.9. The summed E-state index contributed by atoms with van der Waals surface area (Å²) in [5.41, 5.74) is -1.43. The number of amides is 1. The Balaban J connectivity index is 1.79. The Labute approximate surface area is 159 Å². The van der Waals surface area contributed by atoms with Gasteiger partial charge < -0.3 is 10.2 Å². The van der Waals surface area contributed by atoms with Crippen molar-refractivity contribution in [2.45, 2.75) is 24.6 Å². The first-order valence-electron chi connectivity index (χ1n) is 9.05. The topological polar surface area (TPSA) is 35.6 Å². The highest BCUT2D eigenvalue weighted by Crippen LogP contribution is 2.41. The van der Waals surface area contributed by atoms with E-state index < -0.39 is 23.1 Å². The van der Waals surface area contributed by atoms with Gasteiger partial charge in [0.1, 0.15) is 11.4 Å². The van der Waals surface area contributed by atoms with Gasteiger partial charge in [0, 0.05) is 5.69 Å². The molecule has 1 N–H and O–H groups in total. The van der Waals surface area contributed by atoms with E-state index in [0.717, 1.165) is 22.7 Å². The number of piperidine rings is 1. The molecule has 28 heavy (non-hydrogen) atoms. The molecule has 0 atom stereocenters. The highest BCUT2D eigenvalue weighted by molar-refractivity contribution is 6.06. The number of halogens is 4. The van der Waals surface area contributed by atoms with Crippen LogP contribution in [-0.2, 0) is 11.0 Å². The Morgan fingerprint density at radius 1 is 1.00 bits per heavy atom. The number of hydrogen-bond donors (Lipinski definition) is 1. The smallest absolute Gasteiger partial charge is 0.338 e. The number of hydrogen-bond acceptors (Lipinski definition) is 3. The van der Waals surface area contributed by atoms with E-state index in [0.29, 0.717) is 32.0 Å². The van der Waals surface area contributed by atoms with Gasteiger partial charge in [-0.2, -0.15) is 13.2 Å². The number of nitrogens with one attached hydrogen (secondary N) is 1. The molecule has 4 nitrogen and oxygen atoms in total. The van der Waals surface area contributed by atoms with Crippen LogP contribution in [0.15, 0.2) is 48.5 Å². The van der Waals surface area contributed by atoms with Crippen molar-refractivity contribution in [3.05, 3.63) is 59.9 Å². The molecule has 4 rings (SSSR count). The van der Waals surface area contributed by atoms with Crippen LogP contribution in [-0.4, -0.2) is 31.2 Å². The minimum absolute atomic E-state index is 0.00107. The molecule has 2 aliphatic heterocycles. The van der Waals surface area contributed by atoms with Gasteiger partial charge in [-0.15, -0.1) is 0 Å². The molecule has 1 amide bonds. The summed E-state index contributed by atoms with van der Waals surface area (Å²) in [5, 5.41) is 3.20. The van der Waals surface area contributed by atoms with Gasteiger partial charge in [-0.05, 0) is 56.3 Å². The summed E-state index contributed by atoms with van der Waals surface area (Å²) in [6.07, 6.45) is -3.62. The van der Waals surface area contributed by atoms with Crippen LogP contribution in [0.4, 0.5) is 28.9 Å². The number of para-hydroxylation sites is 1. The summed E-state index contributed by atoms with van der Waals surface area (Å²) in [5.74, 6) is -1.21. The van der Waals surface area contributed by atoms with Crippen LogP contribution in [0.25, 0.3) is 0 Å². The van der Waals surface area contributed by atoms with Crippen LogP contribution in [0, 0.1) is 5.82 Å². The third-order valence-electron chi connectivity index (χ3n) is 5.51. The fourth-order valence-electron chi connectivity index (χ4n) is 4.05. The van der Waals surface area contributed by atoms with Crippen LogP contribution < -0.4 is 15.1 Å². The molecule has 0 unspecified atom stereocenters. The average Bonchev–Trinajstić information content (AvgIpc) is 2.95. The fraction of sp³-hybridized carbons (Fsp3) is 0.350. The third-order valence-corrected chi connectivity index (χ3v) is 5.51.